The number of carbonyl (C=O) groups excluding carboxylic acids is 1. The maximum atomic E-state index is 12.1. The summed E-state index contributed by atoms with van der Waals surface area (Å²) in [5.41, 5.74) is 1.68. The van der Waals surface area contributed by atoms with Crippen LogP contribution in [0.2, 0.25) is 0 Å². The summed E-state index contributed by atoms with van der Waals surface area (Å²) in [4.78, 5) is 16.4. The van der Waals surface area contributed by atoms with Gasteiger partial charge in [-0.15, -0.1) is 0 Å². The maximum absolute atomic E-state index is 12.1. The van der Waals surface area contributed by atoms with Crippen molar-refractivity contribution in [3.63, 3.8) is 0 Å². The van der Waals surface area contributed by atoms with Crippen LogP contribution in [-0.2, 0) is 0 Å². The molecule has 1 aliphatic rings. The van der Waals surface area contributed by atoms with Gasteiger partial charge in [0.05, 0.1) is 25.6 Å². The van der Waals surface area contributed by atoms with E-state index in [2.05, 4.69) is 10.3 Å². The van der Waals surface area contributed by atoms with Gasteiger partial charge in [-0.05, 0) is 19.1 Å². The highest BCUT2D eigenvalue weighted by atomic mass is 16.5. The first kappa shape index (κ1) is 11.6. The summed E-state index contributed by atoms with van der Waals surface area (Å²) in [5, 5.41) is 3.10. The van der Waals surface area contributed by atoms with Crippen LogP contribution in [0.15, 0.2) is 23.2 Å². The van der Waals surface area contributed by atoms with Gasteiger partial charge in [-0.2, -0.15) is 0 Å². The van der Waals surface area contributed by atoms with E-state index in [9.17, 15) is 4.79 Å². The predicted octanol–water partition coefficient (Wildman–Crippen LogP) is 1.58. The van der Waals surface area contributed by atoms with Gasteiger partial charge >= 0.3 is 0 Å². The minimum Gasteiger partial charge on any atom is -0.496 e. The van der Waals surface area contributed by atoms with Crippen LogP contribution in [0.3, 0.4) is 0 Å². The van der Waals surface area contributed by atoms with Gasteiger partial charge in [-0.3, -0.25) is 9.79 Å². The van der Waals surface area contributed by atoms with E-state index in [0.29, 0.717) is 17.7 Å². The molecule has 0 fully saturated rings. The maximum Gasteiger partial charge on any atom is 0.174 e. The lowest BCUT2D eigenvalue weighted by atomic mass is 10.0. The van der Waals surface area contributed by atoms with Crippen molar-refractivity contribution in [2.45, 2.75) is 13.3 Å². The van der Waals surface area contributed by atoms with Gasteiger partial charge in [0, 0.05) is 6.54 Å². The molecule has 1 N–H and O–H groups in total. The van der Waals surface area contributed by atoms with Crippen molar-refractivity contribution >= 4 is 11.6 Å². The van der Waals surface area contributed by atoms with Crippen molar-refractivity contribution in [3.05, 3.63) is 29.3 Å². The summed E-state index contributed by atoms with van der Waals surface area (Å²) < 4.78 is 5.20. The molecule has 0 amide bonds. The van der Waals surface area contributed by atoms with Crippen LogP contribution in [0, 0.1) is 6.92 Å². The summed E-state index contributed by atoms with van der Waals surface area (Å²) in [6.45, 7) is 3.54. The molecule has 4 heteroatoms. The van der Waals surface area contributed by atoms with Crippen molar-refractivity contribution < 1.29 is 9.53 Å². The molecule has 0 unspecified atom stereocenters. The highest BCUT2D eigenvalue weighted by Crippen LogP contribution is 2.21. The lowest BCUT2D eigenvalue weighted by Gasteiger charge is -2.08. The van der Waals surface area contributed by atoms with Crippen LogP contribution < -0.4 is 10.1 Å². The molecule has 0 radical (unpaired) electrons. The number of nitrogens with zero attached hydrogens (tertiary/aromatic N) is 1. The first-order chi connectivity index (χ1) is 8.20. The number of nitrogens with one attached hydrogen (secondary N) is 1. The largest absolute Gasteiger partial charge is 0.496 e. The average molecular weight is 232 g/mol. The molecule has 0 aliphatic carbocycles. The van der Waals surface area contributed by atoms with Gasteiger partial charge in [0.1, 0.15) is 11.6 Å². The minimum absolute atomic E-state index is 0.0405. The number of carbonyl (C=O) groups is 1. The summed E-state index contributed by atoms with van der Waals surface area (Å²) in [7, 11) is 1.58. The van der Waals surface area contributed by atoms with E-state index < -0.39 is 0 Å². The van der Waals surface area contributed by atoms with Gasteiger partial charge in [0.2, 0.25) is 0 Å². The van der Waals surface area contributed by atoms with Crippen LogP contribution in [0.5, 0.6) is 5.75 Å². The molecule has 2 rings (SSSR count). The van der Waals surface area contributed by atoms with Gasteiger partial charge in [-0.25, -0.2) is 0 Å². The van der Waals surface area contributed by atoms with E-state index in [1.54, 1.807) is 7.11 Å². The molecule has 0 saturated carbocycles. The molecule has 90 valence electrons. The number of amidine groups is 1. The quantitative estimate of drug-likeness (QED) is 0.802. The fourth-order valence-electron chi connectivity index (χ4n) is 1.85. The fourth-order valence-corrected chi connectivity index (χ4v) is 1.85. The van der Waals surface area contributed by atoms with Crippen LogP contribution in [0.1, 0.15) is 22.3 Å². The second-order valence-corrected chi connectivity index (χ2v) is 4.06. The standard InChI is InChI=1S/C13H16N2O2/c1-9-3-4-12(17-2)10(7-9)11(16)8-13-14-5-6-15-13/h3-4,7H,5-6,8H2,1-2H3,(H,14,15). The summed E-state index contributed by atoms with van der Waals surface area (Å²) in [6, 6.07) is 5.62. The Morgan fingerprint density at radius 1 is 1.53 bits per heavy atom. The number of aliphatic imine (C=N–C) groups is 1. The minimum atomic E-state index is 0.0405. The first-order valence-electron chi connectivity index (χ1n) is 5.66. The molecule has 0 bridgehead atoms. The van der Waals surface area contributed by atoms with Gasteiger partial charge < -0.3 is 10.1 Å². The third-order valence-electron chi connectivity index (χ3n) is 2.73. The predicted molar refractivity (Wildman–Crippen MR) is 67.0 cm³/mol. The summed E-state index contributed by atoms with van der Waals surface area (Å²) in [6.07, 6.45) is 0.319. The first-order valence-corrected chi connectivity index (χ1v) is 5.66. The van der Waals surface area contributed by atoms with Crippen LogP contribution >= 0.6 is 0 Å². The van der Waals surface area contributed by atoms with E-state index in [0.717, 1.165) is 24.5 Å². The SMILES string of the molecule is COc1ccc(C)cc1C(=O)CC1=NCCN1. The fraction of sp³-hybridized carbons (Fsp3) is 0.385. The zero-order chi connectivity index (χ0) is 12.3. The molecule has 17 heavy (non-hydrogen) atoms. The summed E-state index contributed by atoms with van der Waals surface area (Å²) in [5.74, 6) is 1.44. The number of hydrogen-bond donors (Lipinski definition) is 1. The van der Waals surface area contributed by atoms with Gasteiger partial charge in [0.15, 0.2) is 5.78 Å². The van der Waals surface area contributed by atoms with Crippen molar-refractivity contribution in [2.75, 3.05) is 20.2 Å². The van der Waals surface area contributed by atoms with E-state index in [4.69, 9.17) is 4.74 Å². The Morgan fingerprint density at radius 2 is 2.35 bits per heavy atom. The van der Waals surface area contributed by atoms with Crippen molar-refractivity contribution in [1.82, 2.24) is 5.32 Å². The Balaban J connectivity index is 2.20. The smallest absolute Gasteiger partial charge is 0.174 e. The number of rotatable bonds is 4. The number of ether oxygens (including phenoxy) is 1. The van der Waals surface area contributed by atoms with E-state index in [-0.39, 0.29) is 5.78 Å². The molecule has 0 atom stereocenters. The molecule has 1 aromatic rings. The zero-order valence-electron chi connectivity index (χ0n) is 10.1. The Bertz CT molecular complexity index is 466. The second kappa shape index (κ2) is 4.99. The Morgan fingerprint density at radius 3 is 3.00 bits per heavy atom. The molecular formula is C13H16N2O2. The Kier molecular flexibility index (Phi) is 3.42. The number of methoxy groups -OCH3 is 1. The number of hydrogen-bond acceptors (Lipinski definition) is 4. The van der Waals surface area contributed by atoms with E-state index in [1.165, 1.54) is 0 Å². The third-order valence-corrected chi connectivity index (χ3v) is 2.73. The number of Topliss-reactive ketones (excluding diaryl/α,β-unsaturated/α-hetero) is 1. The monoisotopic (exact) mass is 232 g/mol. The zero-order valence-corrected chi connectivity index (χ0v) is 10.1. The highest BCUT2D eigenvalue weighted by molar-refractivity contribution is 6.10. The average Bonchev–Trinajstić information content (AvgIpc) is 2.81. The summed E-state index contributed by atoms with van der Waals surface area (Å²) >= 11 is 0. The molecule has 1 aliphatic heterocycles. The topological polar surface area (TPSA) is 50.7 Å². The third kappa shape index (κ3) is 2.64. The number of benzene rings is 1. The molecule has 0 spiro atoms. The number of ketones is 1. The molecule has 0 saturated heterocycles. The Labute approximate surface area is 101 Å². The van der Waals surface area contributed by atoms with Crippen LogP contribution in [0.25, 0.3) is 0 Å². The molecule has 0 aromatic heterocycles. The van der Waals surface area contributed by atoms with Crippen LogP contribution in [0.4, 0.5) is 0 Å². The van der Waals surface area contributed by atoms with Crippen molar-refractivity contribution in [1.29, 1.82) is 0 Å². The molecule has 4 nitrogen and oxygen atoms in total. The van der Waals surface area contributed by atoms with Gasteiger partial charge in [-0.1, -0.05) is 11.6 Å². The van der Waals surface area contributed by atoms with E-state index in [1.807, 2.05) is 25.1 Å². The molecule has 1 aromatic carbocycles. The second-order valence-electron chi connectivity index (χ2n) is 4.06. The highest BCUT2D eigenvalue weighted by Gasteiger charge is 2.16. The van der Waals surface area contributed by atoms with Crippen molar-refractivity contribution in [3.8, 4) is 5.75 Å². The molecule has 1 heterocycles. The van der Waals surface area contributed by atoms with E-state index >= 15 is 0 Å². The Hall–Kier alpha value is -1.84. The lowest BCUT2D eigenvalue weighted by Crippen LogP contribution is -2.21. The lowest BCUT2D eigenvalue weighted by molar-refractivity contribution is 0.0997. The number of aryl methyl sites for hydroxylation is 1. The normalized spacial score (nSPS) is 14.1. The van der Waals surface area contributed by atoms with Crippen molar-refractivity contribution in [2.24, 2.45) is 4.99 Å². The van der Waals surface area contributed by atoms with Crippen LogP contribution in [-0.4, -0.2) is 31.8 Å². The molecular weight excluding hydrogens is 216 g/mol. The van der Waals surface area contributed by atoms with Gasteiger partial charge in [0.25, 0.3) is 0 Å².